The summed E-state index contributed by atoms with van der Waals surface area (Å²) in [5.74, 6) is 0.424. The van der Waals surface area contributed by atoms with Gasteiger partial charge in [-0.25, -0.2) is 4.58 Å². The molecule has 1 N–H and O–H groups in total. The van der Waals surface area contributed by atoms with E-state index >= 15 is 0 Å². The molecule has 120 valence electrons. The third kappa shape index (κ3) is 3.60. The van der Waals surface area contributed by atoms with Gasteiger partial charge in [0.25, 0.3) is 0 Å². The Morgan fingerprint density at radius 1 is 1.00 bits per heavy atom. The van der Waals surface area contributed by atoms with Gasteiger partial charge in [0, 0.05) is 19.3 Å². The summed E-state index contributed by atoms with van der Waals surface area (Å²) in [6.45, 7) is 2.15. The molecule has 2 nitrogen and oxygen atoms in total. The van der Waals surface area contributed by atoms with Crippen molar-refractivity contribution >= 4 is 6.21 Å². The van der Waals surface area contributed by atoms with E-state index in [4.69, 9.17) is 0 Å². The largest absolute Gasteiger partial charge is 0.385 e. The van der Waals surface area contributed by atoms with E-state index in [0.717, 1.165) is 25.1 Å². The molecule has 1 fully saturated rings. The Labute approximate surface area is 134 Å². The van der Waals surface area contributed by atoms with Crippen LogP contribution < -0.4 is 0 Å². The van der Waals surface area contributed by atoms with Crippen LogP contribution in [0.2, 0.25) is 0 Å². The van der Waals surface area contributed by atoms with Crippen LogP contribution in [-0.2, 0) is 5.60 Å². The van der Waals surface area contributed by atoms with Gasteiger partial charge in [0.15, 0.2) is 0 Å². The summed E-state index contributed by atoms with van der Waals surface area (Å²) in [6, 6.07) is 10.4. The highest BCUT2D eigenvalue weighted by molar-refractivity contribution is 5.51. The lowest BCUT2D eigenvalue weighted by Crippen LogP contribution is -2.39. The van der Waals surface area contributed by atoms with Gasteiger partial charge in [0.2, 0.25) is 0 Å². The summed E-state index contributed by atoms with van der Waals surface area (Å²) in [6.07, 6.45) is 13.3. The molecule has 1 unspecified atom stereocenters. The summed E-state index contributed by atoms with van der Waals surface area (Å²) >= 11 is 0. The fourth-order valence-electron chi connectivity index (χ4n) is 4.23. The second kappa shape index (κ2) is 7.41. The lowest BCUT2D eigenvalue weighted by molar-refractivity contribution is -0.532. The predicted octanol–water partition coefficient (Wildman–Crippen LogP) is 4.11. The van der Waals surface area contributed by atoms with Crippen LogP contribution in [0.15, 0.2) is 30.3 Å². The number of benzene rings is 1. The van der Waals surface area contributed by atoms with Crippen LogP contribution in [0.25, 0.3) is 0 Å². The SMILES string of the molecule is OC(CC[N+]1=CCCCC1)(c1ccccc1)C1CCCCC1. The van der Waals surface area contributed by atoms with E-state index in [1.54, 1.807) is 0 Å². The molecule has 0 saturated heterocycles. The van der Waals surface area contributed by atoms with Gasteiger partial charge in [0.05, 0.1) is 5.60 Å². The van der Waals surface area contributed by atoms with Crippen LogP contribution in [0.1, 0.15) is 63.4 Å². The third-order valence-electron chi connectivity index (χ3n) is 5.62. The molecule has 1 aromatic rings. The van der Waals surface area contributed by atoms with Crippen molar-refractivity contribution in [3.05, 3.63) is 35.9 Å². The van der Waals surface area contributed by atoms with Gasteiger partial charge in [-0.3, -0.25) is 0 Å². The van der Waals surface area contributed by atoms with Crippen LogP contribution in [0, 0.1) is 5.92 Å². The van der Waals surface area contributed by atoms with Crippen LogP contribution >= 0.6 is 0 Å². The molecule has 0 bridgehead atoms. The quantitative estimate of drug-likeness (QED) is 0.813. The minimum absolute atomic E-state index is 0.424. The third-order valence-corrected chi connectivity index (χ3v) is 5.62. The number of hydrogen-bond donors (Lipinski definition) is 1. The van der Waals surface area contributed by atoms with E-state index in [2.05, 4.69) is 35.1 Å². The molecular formula is C20H30NO+. The lowest BCUT2D eigenvalue weighted by Gasteiger charge is -2.38. The summed E-state index contributed by atoms with van der Waals surface area (Å²) < 4.78 is 2.43. The Morgan fingerprint density at radius 3 is 2.45 bits per heavy atom. The molecule has 1 atom stereocenters. The number of nitrogens with zero attached hydrogens (tertiary/aromatic N) is 1. The van der Waals surface area contributed by atoms with Crippen LogP contribution in [0.5, 0.6) is 0 Å². The lowest BCUT2D eigenvalue weighted by atomic mass is 9.71. The van der Waals surface area contributed by atoms with Crippen LogP contribution in [0.3, 0.4) is 0 Å². The molecule has 0 amide bonds. The highest BCUT2D eigenvalue weighted by Gasteiger charge is 2.39. The monoisotopic (exact) mass is 300 g/mol. The minimum Gasteiger partial charge on any atom is -0.385 e. The zero-order chi connectivity index (χ0) is 15.3. The molecule has 0 aromatic heterocycles. The second-order valence-corrected chi connectivity index (χ2v) is 7.09. The van der Waals surface area contributed by atoms with Gasteiger partial charge in [0.1, 0.15) is 19.3 Å². The summed E-state index contributed by atoms with van der Waals surface area (Å²) in [5.41, 5.74) is 0.478. The molecule has 0 radical (unpaired) electrons. The summed E-state index contributed by atoms with van der Waals surface area (Å²) in [5, 5.41) is 11.6. The zero-order valence-electron chi connectivity index (χ0n) is 13.7. The Kier molecular flexibility index (Phi) is 5.30. The molecule has 1 heterocycles. The Balaban J connectivity index is 1.77. The number of rotatable bonds is 5. The van der Waals surface area contributed by atoms with Crippen molar-refractivity contribution < 1.29 is 9.68 Å². The molecule has 3 rings (SSSR count). The average molecular weight is 300 g/mol. The minimum atomic E-state index is -0.646. The van der Waals surface area contributed by atoms with Gasteiger partial charge in [-0.1, -0.05) is 49.6 Å². The molecule has 22 heavy (non-hydrogen) atoms. The second-order valence-electron chi connectivity index (χ2n) is 7.09. The van der Waals surface area contributed by atoms with E-state index in [1.807, 2.05) is 6.07 Å². The molecule has 0 spiro atoms. The van der Waals surface area contributed by atoms with Gasteiger partial charge < -0.3 is 5.11 Å². The highest BCUT2D eigenvalue weighted by Crippen LogP contribution is 2.41. The van der Waals surface area contributed by atoms with Crippen molar-refractivity contribution in [2.45, 2.75) is 63.4 Å². The van der Waals surface area contributed by atoms with Gasteiger partial charge in [-0.2, -0.15) is 0 Å². The fourth-order valence-corrected chi connectivity index (χ4v) is 4.23. The molecule has 1 saturated carbocycles. The molecule has 2 heteroatoms. The van der Waals surface area contributed by atoms with Gasteiger partial charge in [-0.15, -0.1) is 0 Å². The van der Waals surface area contributed by atoms with Crippen molar-refractivity contribution in [1.82, 2.24) is 0 Å². The Morgan fingerprint density at radius 2 is 1.77 bits per heavy atom. The number of hydrogen-bond acceptors (Lipinski definition) is 1. The zero-order valence-corrected chi connectivity index (χ0v) is 13.7. The highest BCUT2D eigenvalue weighted by atomic mass is 16.3. The smallest absolute Gasteiger partial charge is 0.145 e. The number of aliphatic hydroxyl groups is 1. The first-order valence-electron chi connectivity index (χ1n) is 9.14. The summed E-state index contributed by atoms with van der Waals surface area (Å²) in [7, 11) is 0. The van der Waals surface area contributed by atoms with Crippen LogP contribution in [0.4, 0.5) is 0 Å². The van der Waals surface area contributed by atoms with E-state index in [-0.39, 0.29) is 0 Å². The van der Waals surface area contributed by atoms with Crippen molar-refractivity contribution in [1.29, 1.82) is 0 Å². The maximum absolute atomic E-state index is 11.6. The van der Waals surface area contributed by atoms with Gasteiger partial charge in [-0.05, 0) is 30.7 Å². The first-order chi connectivity index (χ1) is 10.8. The van der Waals surface area contributed by atoms with Gasteiger partial charge >= 0.3 is 0 Å². The van der Waals surface area contributed by atoms with E-state index in [1.165, 1.54) is 51.4 Å². The van der Waals surface area contributed by atoms with Crippen LogP contribution in [-0.4, -0.2) is 29.0 Å². The predicted molar refractivity (Wildman–Crippen MR) is 91.4 cm³/mol. The Bertz CT molecular complexity index is 490. The standard InChI is InChI=1S/C20H30NO/c22-20(18-10-4-1-5-11-18,19-12-6-2-7-13-19)14-17-21-15-8-3-9-16-21/h1,4-5,10-11,15,19,22H,2-3,6-9,12-14,16-17H2/q+1. The van der Waals surface area contributed by atoms with E-state index in [0.29, 0.717) is 5.92 Å². The maximum atomic E-state index is 11.6. The fraction of sp³-hybridized carbons (Fsp3) is 0.650. The van der Waals surface area contributed by atoms with Crippen molar-refractivity contribution in [2.75, 3.05) is 13.1 Å². The first-order valence-corrected chi connectivity index (χ1v) is 9.14. The van der Waals surface area contributed by atoms with Crippen molar-refractivity contribution in [3.63, 3.8) is 0 Å². The molecule has 1 aliphatic heterocycles. The molecule has 2 aliphatic rings. The summed E-state index contributed by atoms with van der Waals surface area (Å²) in [4.78, 5) is 0. The molecular weight excluding hydrogens is 270 g/mol. The first kappa shape index (κ1) is 15.7. The van der Waals surface area contributed by atoms with Crippen molar-refractivity contribution in [3.8, 4) is 0 Å². The Hall–Kier alpha value is -1.15. The topological polar surface area (TPSA) is 23.2 Å². The van der Waals surface area contributed by atoms with E-state index in [9.17, 15) is 5.11 Å². The normalized spacial score (nSPS) is 22.9. The molecule has 1 aromatic carbocycles. The van der Waals surface area contributed by atoms with E-state index < -0.39 is 5.60 Å². The molecule has 1 aliphatic carbocycles. The van der Waals surface area contributed by atoms with Crippen molar-refractivity contribution in [2.24, 2.45) is 5.92 Å². The average Bonchev–Trinajstić information content (AvgIpc) is 2.62. The maximum Gasteiger partial charge on any atom is 0.145 e.